The van der Waals surface area contributed by atoms with E-state index in [0.29, 0.717) is 5.02 Å². The van der Waals surface area contributed by atoms with E-state index in [2.05, 4.69) is 15.9 Å². The molecule has 1 N–H and O–H groups in total. The Kier molecular flexibility index (Phi) is 3.93. The lowest BCUT2D eigenvalue weighted by atomic mass is 10.0. The summed E-state index contributed by atoms with van der Waals surface area (Å²) in [6.45, 7) is 4.07. The molecule has 0 bridgehead atoms. The second-order valence-corrected chi connectivity index (χ2v) is 6.79. The van der Waals surface area contributed by atoms with Crippen molar-refractivity contribution in [3.05, 3.63) is 54.6 Å². The highest BCUT2D eigenvalue weighted by atomic mass is 79.9. The number of hydrogen-bond donors (Lipinski definition) is 1. The van der Waals surface area contributed by atoms with Gasteiger partial charge in [-0.15, -0.1) is 11.3 Å². The first-order valence-corrected chi connectivity index (χ1v) is 7.17. The summed E-state index contributed by atoms with van der Waals surface area (Å²) in [5.41, 5.74) is 1.77. The van der Waals surface area contributed by atoms with Crippen molar-refractivity contribution >= 4 is 38.9 Å². The van der Waals surface area contributed by atoms with Crippen LogP contribution in [0.3, 0.4) is 0 Å². The summed E-state index contributed by atoms with van der Waals surface area (Å²) in [6.07, 6.45) is -0.616. The molecule has 0 fully saturated rings. The van der Waals surface area contributed by atoms with E-state index >= 15 is 0 Å². The number of rotatable bonds is 2. The van der Waals surface area contributed by atoms with Gasteiger partial charge in [-0.05, 0) is 49.2 Å². The standard InChI is InChI=1S/C13H12BrClOS/c1-7-3-12(8(2)17-7)13(16)9-4-10(14)6-11(15)5-9/h3-6,13,16H,1-2H3. The van der Waals surface area contributed by atoms with E-state index in [9.17, 15) is 5.11 Å². The molecular formula is C13H12BrClOS. The normalized spacial score (nSPS) is 12.8. The molecule has 1 heterocycles. The molecule has 0 radical (unpaired) electrons. The van der Waals surface area contributed by atoms with Crippen LogP contribution in [0.25, 0.3) is 0 Å². The molecule has 17 heavy (non-hydrogen) atoms. The Balaban J connectivity index is 2.43. The van der Waals surface area contributed by atoms with Gasteiger partial charge in [0.1, 0.15) is 6.10 Å². The summed E-state index contributed by atoms with van der Waals surface area (Å²) in [7, 11) is 0. The van der Waals surface area contributed by atoms with Crippen LogP contribution in [0.5, 0.6) is 0 Å². The van der Waals surface area contributed by atoms with Gasteiger partial charge in [0.25, 0.3) is 0 Å². The molecule has 0 aliphatic rings. The van der Waals surface area contributed by atoms with Crippen molar-refractivity contribution in [2.45, 2.75) is 20.0 Å². The van der Waals surface area contributed by atoms with Crippen LogP contribution in [0.1, 0.15) is 27.0 Å². The minimum absolute atomic E-state index is 0.616. The van der Waals surface area contributed by atoms with E-state index in [1.165, 1.54) is 4.88 Å². The Bertz CT molecular complexity index is 530. The maximum absolute atomic E-state index is 10.4. The van der Waals surface area contributed by atoms with Crippen LogP contribution in [0.4, 0.5) is 0 Å². The van der Waals surface area contributed by atoms with E-state index in [4.69, 9.17) is 11.6 Å². The Morgan fingerprint density at radius 2 is 1.94 bits per heavy atom. The van der Waals surface area contributed by atoms with Crippen LogP contribution in [-0.4, -0.2) is 5.11 Å². The Hall–Kier alpha value is -0.350. The van der Waals surface area contributed by atoms with Crippen LogP contribution >= 0.6 is 38.9 Å². The average Bonchev–Trinajstić information content (AvgIpc) is 2.55. The number of benzene rings is 1. The van der Waals surface area contributed by atoms with Crippen LogP contribution < -0.4 is 0 Å². The van der Waals surface area contributed by atoms with E-state index in [1.54, 1.807) is 17.4 Å². The molecule has 0 aliphatic heterocycles. The highest BCUT2D eigenvalue weighted by Gasteiger charge is 2.16. The lowest BCUT2D eigenvalue weighted by Gasteiger charge is -2.12. The first-order valence-electron chi connectivity index (χ1n) is 5.18. The van der Waals surface area contributed by atoms with E-state index in [1.807, 2.05) is 32.0 Å². The maximum Gasteiger partial charge on any atom is 0.105 e. The first kappa shape index (κ1) is 13.1. The predicted molar refractivity (Wildman–Crippen MR) is 77.0 cm³/mol. The Morgan fingerprint density at radius 3 is 2.47 bits per heavy atom. The van der Waals surface area contributed by atoms with Gasteiger partial charge in [0.05, 0.1) is 0 Å². The fourth-order valence-corrected chi connectivity index (χ4v) is 3.68. The third kappa shape index (κ3) is 2.91. The summed E-state index contributed by atoms with van der Waals surface area (Å²) in [5.74, 6) is 0. The Labute approximate surface area is 118 Å². The summed E-state index contributed by atoms with van der Waals surface area (Å²) in [6, 6.07) is 7.52. The molecule has 0 saturated heterocycles. The van der Waals surface area contributed by atoms with Gasteiger partial charge in [-0.3, -0.25) is 0 Å². The van der Waals surface area contributed by atoms with Crippen molar-refractivity contribution in [2.24, 2.45) is 0 Å². The van der Waals surface area contributed by atoms with Crippen LogP contribution in [-0.2, 0) is 0 Å². The van der Waals surface area contributed by atoms with E-state index in [-0.39, 0.29) is 0 Å². The number of halogens is 2. The lowest BCUT2D eigenvalue weighted by Crippen LogP contribution is -1.99. The number of hydrogen-bond acceptors (Lipinski definition) is 2. The minimum atomic E-state index is -0.616. The molecule has 1 atom stereocenters. The molecule has 1 nitrogen and oxygen atoms in total. The van der Waals surface area contributed by atoms with Crippen molar-refractivity contribution in [3.8, 4) is 0 Å². The zero-order chi connectivity index (χ0) is 12.6. The van der Waals surface area contributed by atoms with Crippen LogP contribution in [0, 0.1) is 13.8 Å². The van der Waals surface area contributed by atoms with Gasteiger partial charge in [-0.2, -0.15) is 0 Å². The predicted octanol–water partition coefficient (Wildman–Crippen LogP) is 4.86. The molecule has 0 amide bonds. The van der Waals surface area contributed by atoms with Gasteiger partial charge in [-0.25, -0.2) is 0 Å². The fourth-order valence-electron chi connectivity index (χ4n) is 1.83. The third-order valence-corrected chi connectivity index (χ3v) is 4.23. The van der Waals surface area contributed by atoms with Gasteiger partial charge >= 0.3 is 0 Å². The quantitative estimate of drug-likeness (QED) is 0.833. The van der Waals surface area contributed by atoms with Crippen molar-refractivity contribution in [1.82, 2.24) is 0 Å². The molecule has 0 saturated carbocycles. The van der Waals surface area contributed by atoms with Crippen molar-refractivity contribution in [2.75, 3.05) is 0 Å². The number of aliphatic hydroxyl groups excluding tert-OH is 1. The largest absolute Gasteiger partial charge is 0.384 e. The minimum Gasteiger partial charge on any atom is -0.384 e. The van der Waals surface area contributed by atoms with Crippen LogP contribution in [0.2, 0.25) is 5.02 Å². The summed E-state index contributed by atoms with van der Waals surface area (Å²) in [5, 5.41) is 11.0. The molecule has 0 spiro atoms. The molecule has 2 aromatic rings. The van der Waals surface area contributed by atoms with Gasteiger partial charge in [0.2, 0.25) is 0 Å². The molecule has 4 heteroatoms. The van der Waals surface area contributed by atoms with Gasteiger partial charge in [0, 0.05) is 19.2 Å². The van der Waals surface area contributed by atoms with Gasteiger partial charge in [-0.1, -0.05) is 27.5 Å². The Morgan fingerprint density at radius 1 is 1.24 bits per heavy atom. The van der Waals surface area contributed by atoms with Gasteiger partial charge in [0.15, 0.2) is 0 Å². The summed E-state index contributed by atoms with van der Waals surface area (Å²) in [4.78, 5) is 2.35. The molecule has 1 unspecified atom stereocenters. The SMILES string of the molecule is Cc1cc(C(O)c2cc(Cl)cc(Br)c2)c(C)s1. The molecule has 1 aromatic carbocycles. The van der Waals surface area contributed by atoms with Crippen LogP contribution in [0.15, 0.2) is 28.7 Å². The molecule has 0 aliphatic carbocycles. The highest BCUT2D eigenvalue weighted by molar-refractivity contribution is 9.10. The number of aryl methyl sites for hydroxylation is 2. The highest BCUT2D eigenvalue weighted by Crippen LogP contribution is 2.32. The fraction of sp³-hybridized carbons (Fsp3) is 0.231. The van der Waals surface area contributed by atoms with E-state index < -0.39 is 6.10 Å². The third-order valence-electron chi connectivity index (χ3n) is 2.57. The number of aliphatic hydroxyl groups is 1. The lowest BCUT2D eigenvalue weighted by molar-refractivity contribution is 0.220. The number of thiophene rings is 1. The van der Waals surface area contributed by atoms with Crippen molar-refractivity contribution in [3.63, 3.8) is 0 Å². The van der Waals surface area contributed by atoms with E-state index in [0.717, 1.165) is 20.5 Å². The second kappa shape index (κ2) is 5.11. The van der Waals surface area contributed by atoms with Gasteiger partial charge < -0.3 is 5.11 Å². The molecular weight excluding hydrogens is 320 g/mol. The zero-order valence-electron chi connectivity index (χ0n) is 9.50. The monoisotopic (exact) mass is 330 g/mol. The summed E-state index contributed by atoms with van der Waals surface area (Å²) >= 11 is 11.1. The van der Waals surface area contributed by atoms with Crippen molar-refractivity contribution < 1.29 is 5.11 Å². The topological polar surface area (TPSA) is 20.2 Å². The second-order valence-electron chi connectivity index (χ2n) is 3.97. The molecule has 2 rings (SSSR count). The zero-order valence-corrected chi connectivity index (χ0v) is 12.7. The first-order chi connectivity index (χ1) is 7.97. The average molecular weight is 332 g/mol. The molecule has 90 valence electrons. The maximum atomic E-state index is 10.4. The summed E-state index contributed by atoms with van der Waals surface area (Å²) < 4.78 is 0.878. The smallest absolute Gasteiger partial charge is 0.105 e. The van der Waals surface area contributed by atoms with Crippen molar-refractivity contribution in [1.29, 1.82) is 0 Å². The molecule has 1 aromatic heterocycles.